The van der Waals surface area contributed by atoms with E-state index in [4.69, 9.17) is 57.9 Å². The highest BCUT2D eigenvalue weighted by Gasteiger charge is 2.36. The summed E-state index contributed by atoms with van der Waals surface area (Å²) < 4.78 is 98.6. The minimum Gasteiger partial charge on any atom is -0.495 e. The number of methoxy groups -OCH3 is 4. The number of para-hydroxylation sites is 2. The number of benzene rings is 6. The Hall–Kier alpha value is -11.4. The number of nitrogens with zero attached hydrogens (tertiary/aromatic N) is 14. The van der Waals surface area contributed by atoms with Gasteiger partial charge in [-0.3, -0.25) is 24.5 Å². The molecule has 44 heteroatoms. The van der Waals surface area contributed by atoms with Gasteiger partial charge in [-0.25, -0.2) is 23.4 Å². The van der Waals surface area contributed by atoms with Crippen molar-refractivity contribution >= 4 is 193 Å². The van der Waals surface area contributed by atoms with Crippen LogP contribution >= 0.6 is 51.8 Å². The van der Waals surface area contributed by atoms with Crippen LogP contribution in [-0.4, -0.2) is 281 Å². The van der Waals surface area contributed by atoms with Gasteiger partial charge in [0.15, 0.2) is 27.1 Å². The number of ether oxygens (including phenoxy) is 4. The first-order valence-electron chi connectivity index (χ1n) is 47.4. The molecule has 1 saturated carbocycles. The van der Waals surface area contributed by atoms with Gasteiger partial charge >= 0.3 is 0 Å². The average Bonchev–Trinajstić information content (AvgIpc) is 1.77. The number of hydrogen-bond acceptors (Lipinski definition) is 34. The van der Waals surface area contributed by atoms with Crippen LogP contribution in [0.2, 0.25) is 10.0 Å². The summed E-state index contributed by atoms with van der Waals surface area (Å²) in [5.41, 5.74) is 12.2. The van der Waals surface area contributed by atoms with Crippen LogP contribution in [0.1, 0.15) is 95.8 Å². The number of aromatic nitrogens is 10. The van der Waals surface area contributed by atoms with Crippen LogP contribution in [0.3, 0.4) is 0 Å². The maximum Gasteiger partial charge on any atom is 0.254 e. The molecule has 11 aromatic rings. The topological polar surface area (TPSA) is 456 Å². The number of nitrogens with one attached hydrogen (secondary N) is 10. The number of piperazine rings is 2. The number of rotatable bonds is 31. The summed E-state index contributed by atoms with van der Waals surface area (Å²) in [5, 5.41) is 38.6. The average molecular weight is 2080 g/mol. The van der Waals surface area contributed by atoms with Gasteiger partial charge in [-0.1, -0.05) is 60.3 Å². The molecule has 5 aliphatic rings. The number of amides is 2. The predicted molar refractivity (Wildman–Crippen MR) is 577 cm³/mol. The minimum absolute atomic E-state index is 0.0208. The second-order valence-electron chi connectivity index (χ2n) is 37.8. The Kier molecular flexibility index (Phi) is 36.3. The number of fused-ring (bicyclic) bond motifs is 1. The van der Waals surface area contributed by atoms with Crippen molar-refractivity contribution in [3.63, 3.8) is 0 Å². The Morgan fingerprint density at radius 1 is 0.493 bits per heavy atom. The van der Waals surface area contributed by atoms with Gasteiger partial charge in [0.25, 0.3) is 5.91 Å². The van der Waals surface area contributed by atoms with Gasteiger partial charge in [-0.15, -0.1) is 0 Å². The van der Waals surface area contributed by atoms with E-state index in [0.29, 0.717) is 110 Å². The second-order valence-corrected chi connectivity index (χ2v) is 54.2. The Balaban J connectivity index is 0.000000160. The van der Waals surface area contributed by atoms with E-state index in [9.17, 15) is 36.3 Å². The third kappa shape index (κ3) is 28.2. The number of primary amides is 1. The molecule has 762 valence electrons. The van der Waals surface area contributed by atoms with Gasteiger partial charge in [-0.2, -0.15) is 30.0 Å². The smallest absolute Gasteiger partial charge is 0.254 e. The van der Waals surface area contributed by atoms with Gasteiger partial charge in [0.1, 0.15) is 77.7 Å². The van der Waals surface area contributed by atoms with E-state index in [2.05, 4.69) is 158 Å². The molecule has 1 aliphatic carbocycles. The maximum atomic E-state index is 12.9. The molecule has 4 aliphatic heterocycles. The number of carbonyl (C=O) groups excluding carboxylic acids is 2. The van der Waals surface area contributed by atoms with Crippen molar-refractivity contribution < 1.29 is 55.2 Å². The van der Waals surface area contributed by atoms with Crippen molar-refractivity contribution in [1.82, 2.24) is 70.1 Å². The highest BCUT2D eigenvalue weighted by Crippen LogP contribution is 2.51. The molecule has 12 N–H and O–H groups in total. The fourth-order valence-electron chi connectivity index (χ4n) is 17.4. The van der Waals surface area contributed by atoms with E-state index < -0.39 is 55.6 Å². The molecular formula is C98H133Cl2N25O12P4S. The van der Waals surface area contributed by atoms with Crippen molar-refractivity contribution in [3.8, 4) is 23.0 Å². The lowest BCUT2D eigenvalue weighted by atomic mass is 9.95. The van der Waals surface area contributed by atoms with Crippen LogP contribution in [0.4, 0.5) is 92.6 Å². The van der Waals surface area contributed by atoms with Crippen molar-refractivity contribution in [3.05, 3.63) is 162 Å². The van der Waals surface area contributed by atoms with Crippen LogP contribution in [0.25, 0.3) is 11.0 Å². The Morgan fingerprint density at radius 3 is 1.50 bits per heavy atom. The van der Waals surface area contributed by atoms with E-state index in [1.807, 2.05) is 49.7 Å². The normalized spacial score (nSPS) is 17.0. The molecule has 0 spiro atoms. The molecule has 142 heavy (non-hydrogen) atoms. The summed E-state index contributed by atoms with van der Waals surface area (Å²) in [4.78, 5) is 72.3. The largest absolute Gasteiger partial charge is 0.495 e. The van der Waals surface area contributed by atoms with Crippen molar-refractivity contribution in [2.75, 3.05) is 213 Å². The van der Waals surface area contributed by atoms with Crippen LogP contribution in [0.15, 0.2) is 151 Å². The van der Waals surface area contributed by atoms with Crippen LogP contribution in [0.5, 0.6) is 23.0 Å². The quantitative estimate of drug-likeness (QED) is 0.0180. The zero-order valence-corrected chi connectivity index (χ0v) is 89.6. The van der Waals surface area contributed by atoms with Crippen molar-refractivity contribution in [1.29, 1.82) is 0 Å². The number of hydrogen-bond donors (Lipinski definition) is 11. The van der Waals surface area contributed by atoms with E-state index in [-0.39, 0.29) is 45.5 Å². The monoisotopic (exact) mass is 2080 g/mol. The number of carbonyl (C=O) groups is 2. The van der Waals surface area contributed by atoms with Gasteiger partial charge in [0.05, 0.1) is 104 Å². The number of halogens is 2. The first kappa shape index (κ1) is 108. The lowest BCUT2D eigenvalue weighted by Crippen LogP contribution is -2.52. The fraction of sp³-hybridized carbons (Fsp3) is 0.439. The summed E-state index contributed by atoms with van der Waals surface area (Å²) in [6, 6.07) is 37.7. The third-order valence-electron chi connectivity index (χ3n) is 25.6. The van der Waals surface area contributed by atoms with Gasteiger partial charge in [-0.05, 0) is 218 Å². The number of sulfone groups is 1. The molecule has 9 heterocycles. The van der Waals surface area contributed by atoms with Gasteiger partial charge < -0.3 is 105 Å². The Morgan fingerprint density at radius 2 is 0.972 bits per heavy atom. The Bertz CT molecular complexity index is 6590. The van der Waals surface area contributed by atoms with Gasteiger partial charge in [0, 0.05) is 141 Å². The second kappa shape index (κ2) is 47.9. The number of nitrogens with two attached hydrogens (primary N) is 1. The standard InChI is InChI=1S/C29H45ClN7O2P.C27H35N8O2P.C23H28N5O5PS.C19H25ClN5O3P/c1-35-15-17-37(18-16-35)21-11-13-36(14-12-21)22-9-10-24(26(19-22)39-2)33-29-31-20-23(30)28(34-29)32-25-7-5-6-8-27(25)40(3,4)38;1-18(2)34-12-14-35(15-13-34)19-10-11-21(23(16-19)37-3)30-27-31-25(20-17-28-33-26(20)32-27)29-22-8-6-7-9-24(22)38(4,5)36;1-14(2)35(31,32)20-9-7-6-8-18(20)26-22-16(21(24)29)13-25-23(28-22)27-17-11-10-15(34(4,5)30)12-19(17)33-3;1-28-16-10-12(29(2,3)27)7-8-14(16)24-19-22-11-13(20)17(25-19)23-15-6-4-5-9-21-18(15)26/h9-10,19-21,25,27H,5-8,11-18H2,1-4H3,(H2,31,32,33,34);6-11,16-18H,12-15H2,1-5H3,(H3,28,29,30,31,32,33);6-14H,1-5H3,(H2,24,29)(H2,25,26,27,28);7-8,10-11,15H,4-6,9H2,1-3H3,(H,21,26)(H2,22,23,24,25)/t25-,27?;;;/m0.../s1. The molecular weight excluding hydrogens is 1950 g/mol. The highest BCUT2D eigenvalue weighted by molar-refractivity contribution is 7.92. The van der Waals surface area contributed by atoms with Gasteiger partial charge in [0.2, 0.25) is 29.7 Å². The lowest BCUT2D eigenvalue weighted by molar-refractivity contribution is -0.121. The molecule has 37 nitrogen and oxygen atoms in total. The summed E-state index contributed by atoms with van der Waals surface area (Å²) in [7, 11) is -4.69. The zero-order valence-electron chi connectivity index (χ0n) is 83.7. The predicted octanol–water partition coefficient (Wildman–Crippen LogP) is 16.8. The fourth-order valence-corrected chi connectivity index (χ4v) is 23.7. The molecule has 5 fully saturated rings. The molecule has 6 aromatic carbocycles. The molecule has 0 radical (unpaired) electrons. The SMILES string of the molecule is COc1cc(N2CCC(N3CCN(C)CC3)CC2)ccc1Nc1ncc(Cl)c(N[C@H]2CCCCC2P(C)(C)=O)n1.COc1cc(N2CCN(C(C)C)CC2)ccc1Nc1nc(Nc2ccccc2P(C)(C)=O)c2cn[nH]c2n1.COc1cc(P(C)(C)=O)ccc1Nc1ncc(C(N)=O)c(Nc2ccccc2S(=O)(=O)C(C)C)n1.COc1cc(P(C)(C)=O)ccc1Nc1ncc(Cl)c(NC2CCCCNC2=O)n1. The van der Waals surface area contributed by atoms with E-state index in [0.717, 1.165) is 122 Å². The highest BCUT2D eigenvalue weighted by atomic mass is 35.5. The molecule has 16 rings (SSSR count). The Labute approximate surface area is 841 Å². The third-order valence-corrected chi connectivity index (χ3v) is 35.2. The molecule has 4 saturated heterocycles. The number of likely N-dealkylation sites (N-methyl/N-ethyl adjacent to an activating group) is 1. The summed E-state index contributed by atoms with van der Waals surface area (Å²) in [6.45, 7) is 33.2. The van der Waals surface area contributed by atoms with Crippen molar-refractivity contribution in [2.24, 2.45) is 5.73 Å². The van der Waals surface area contributed by atoms with E-state index in [1.54, 1.807) is 142 Å². The number of anilines is 16. The summed E-state index contributed by atoms with van der Waals surface area (Å²) >= 11 is 12.7. The molecule has 3 atom stereocenters. The maximum absolute atomic E-state index is 12.9. The van der Waals surface area contributed by atoms with Crippen LogP contribution in [-0.2, 0) is 32.9 Å². The first-order valence-corrected chi connectivity index (χ1v) is 60.2. The summed E-state index contributed by atoms with van der Waals surface area (Å²) in [5.74, 6) is 4.34. The zero-order chi connectivity index (χ0) is 102. The minimum atomic E-state index is -3.62. The molecule has 5 aromatic heterocycles. The first-order chi connectivity index (χ1) is 67.5. The number of H-pyrrole nitrogens is 1. The van der Waals surface area contributed by atoms with Crippen molar-refractivity contribution in [2.45, 2.75) is 125 Å². The van der Waals surface area contributed by atoms with Crippen LogP contribution in [0, 0.1) is 0 Å². The lowest BCUT2D eigenvalue weighted by Gasteiger charge is -2.42. The van der Waals surface area contributed by atoms with E-state index >= 15 is 0 Å². The molecule has 2 amide bonds. The number of piperidine rings is 1. The van der Waals surface area contributed by atoms with Crippen LogP contribution < -0.4 is 98.2 Å². The summed E-state index contributed by atoms with van der Waals surface area (Å²) in [6.07, 6.45) is 15.1. The molecule has 2 unspecified atom stereocenters. The van der Waals surface area contributed by atoms with E-state index in [1.165, 1.54) is 70.3 Å². The molecule has 0 bridgehead atoms. The number of aromatic amines is 1.